The highest BCUT2D eigenvalue weighted by Crippen LogP contribution is 2.29. The van der Waals surface area contributed by atoms with E-state index in [4.69, 9.17) is 5.11 Å². The first-order valence-corrected chi connectivity index (χ1v) is 7.45. The first kappa shape index (κ1) is 15.9. The molecule has 0 radical (unpaired) electrons. The largest absolute Gasteiger partial charge is 0.478 e. The van der Waals surface area contributed by atoms with Gasteiger partial charge in [-0.05, 0) is 48.9 Å². The molecule has 0 bridgehead atoms. The summed E-state index contributed by atoms with van der Waals surface area (Å²) in [7, 11) is 0. The molecule has 0 saturated heterocycles. The van der Waals surface area contributed by atoms with E-state index in [-0.39, 0.29) is 12.2 Å². The van der Waals surface area contributed by atoms with Gasteiger partial charge in [0.1, 0.15) is 5.82 Å². The molecule has 0 spiro atoms. The number of hydrogen-bond donors (Lipinski definition) is 3. The number of nitrogens with one attached hydrogen (secondary N) is 1. The lowest BCUT2D eigenvalue weighted by molar-refractivity contribution is 0.0692. The van der Waals surface area contributed by atoms with Crippen LogP contribution in [0.5, 0.6) is 0 Å². The predicted molar refractivity (Wildman–Crippen MR) is 77.6 cm³/mol. The lowest BCUT2D eigenvalue weighted by atomic mass is 9.79. The number of aromatic carboxylic acids is 1. The second kappa shape index (κ2) is 7.52. The van der Waals surface area contributed by atoms with E-state index < -0.39 is 11.8 Å². The Morgan fingerprint density at radius 1 is 1.29 bits per heavy atom. The zero-order valence-electron chi connectivity index (χ0n) is 12.0. The Bertz CT molecular complexity index is 492. The van der Waals surface area contributed by atoms with Crippen LogP contribution in [0.3, 0.4) is 0 Å². The molecule has 2 atom stereocenters. The van der Waals surface area contributed by atoms with Gasteiger partial charge >= 0.3 is 5.97 Å². The number of aliphatic hydroxyl groups excluding tert-OH is 1. The van der Waals surface area contributed by atoms with E-state index in [1.165, 1.54) is 25.0 Å². The lowest BCUT2D eigenvalue weighted by Gasteiger charge is -2.30. The summed E-state index contributed by atoms with van der Waals surface area (Å²) in [5.41, 5.74) is 0.431. The van der Waals surface area contributed by atoms with E-state index in [2.05, 4.69) is 5.32 Å². The van der Waals surface area contributed by atoms with Crippen LogP contribution in [0.1, 0.15) is 41.6 Å². The monoisotopic (exact) mass is 295 g/mol. The van der Waals surface area contributed by atoms with Gasteiger partial charge in [-0.1, -0.05) is 18.9 Å². The molecule has 0 aromatic heterocycles. The second-order valence-corrected chi connectivity index (χ2v) is 5.74. The van der Waals surface area contributed by atoms with Crippen molar-refractivity contribution < 1.29 is 19.4 Å². The van der Waals surface area contributed by atoms with Crippen LogP contribution in [-0.2, 0) is 6.54 Å². The second-order valence-electron chi connectivity index (χ2n) is 5.74. The van der Waals surface area contributed by atoms with Crippen molar-refractivity contribution in [1.29, 1.82) is 0 Å². The van der Waals surface area contributed by atoms with Gasteiger partial charge in [-0.3, -0.25) is 0 Å². The predicted octanol–water partition coefficient (Wildman–Crippen LogP) is 2.41. The van der Waals surface area contributed by atoms with Crippen molar-refractivity contribution in [3.8, 4) is 0 Å². The molecule has 1 aromatic carbocycles. The maximum atomic E-state index is 13.6. The third-order valence-electron chi connectivity index (χ3n) is 4.30. The Balaban J connectivity index is 1.85. The van der Waals surface area contributed by atoms with Gasteiger partial charge in [0, 0.05) is 13.2 Å². The average molecular weight is 295 g/mol. The van der Waals surface area contributed by atoms with Crippen LogP contribution in [0, 0.1) is 17.7 Å². The molecule has 1 saturated carbocycles. The van der Waals surface area contributed by atoms with Crippen molar-refractivity contribution in [2.75, 3.05) is 13.2 Å². The van der Waals surface area contributed by atoms with Gasteiger partial charge in [-0.15, -0.1) is 0 Å². The van der Waals surface area contributed by atoms with Crippen molar-refractivity contribution in [1.82, 2.24) is 5.32 Å². The Labute approximate surface area is 124 Å². The smallest absolute Gasteiger partial charge is 0.338 e. The standard InChI is InChI=1S/C16H22FNO3/c17-15-7-11(5-6-14(15)16(20)21)8-18-9-12-3-1-2-4-13(12)10-19/h5-7,12-13,18-19H,1-4,8-10H2,(H,20,21). The summed E-state index contributed by atoms with van der Waals surface area (Å²) in [6, 6.07) is 4.19. The van der Waals surface area contributed by atoms with Crippen LogP contribution in [0.4, 0.5) is 4.39 Å². The van der Waals surface area contributed by atoms with Crippen LogP contribution < -0.4 is 5.32 Å². The number of rotatable bonds is 6. The summed E-state index contributed by atoms with van der Waals surface area (Å²) in [4.78, 5) is 10.7. The van der Waals surface area contributed by atoms with Crippen LogP contribution in [0.25, 0.3) is 0 Å². The number of carboxylic acids is 1. The lowest BCUT2D eigenvalue weighted by Crippen LogP contribution is -2.32. The van der Waals surface area contributed by atoms with E-state index in [9.17, 15) is 14.3 Å². The first-order valence-electron chi connectivity index (χ1n) is 7.45. The van der Waals surface area contributed by atoms with Gasteiger partial charge in [-0.25, -0.2) is 9.18 Å². The van der Waals surface area contributed by atoms with Crippen molar-refractivity contribution >= 4 is 5.97 Å². The minimum Gasteiger partial charge on any atom is -0.478 e. The van der Waals surface area contributed by atoms with Gasteiger partial charge < -0.3 is 15.5 Å². The van der Waals surface area contributed by atoms with Gasteiger partial charge in [0.25, 0.3) is 0 Å². The van der Waals surface area contributed by atoms with Crippen LogP contribution >= 0.6 is 0 Å². The van der Waals surface area contributed by atoms with Gasteiger partial charge in [0.15, 0.2) is 0 Å². The van der Waals surface area contributed by atoms with E-state index in [1.807, 2.05) is 0 Å². The van der Waals surface area contributed by atoms with Crippen LogP contribution in [0.15, 0.2) is 18.2 Å². The van der Waals surface area contributed by atoms with Gasteiger partial charge in [0.05, 0.1) is 5.56 Å². The maximum Gasteiger partial charge on any atom is 0.338 e. The van der Waals surface area contributed by atoms with E-state index in [0.717, 1.165) is 24.9 Å². The third-order valence-corrected chi connectivity index (χ3v) is 4.30. The Kier molecular flexibility index (Phi) is 5.70. The zero-order chi connectivity index (χ0) is 15.2. The molecule has 0 amide bonds. The molecule has 2 unspecified atom stereocenters. The molecule has 2 rings (SSSR count). The summed E-state index contributed by atoms with van der Waals surface area (Å²) < 4.78 is 13.6. The maximum absolute atomic E-state index is 13.6. The number of halogens is 1. The zero-order valence-corrected chi connectivity index (χ0v) is 12.0. The fourth-order valence-corrected chi connectivity index (χ4v) is 3.04. The molecule has 21 heavy (non-hydrogen) atoms. The van der Waals surface area contributed by atoms with Crippen molar-refractivity contribution in [2.24, 2.45) is 11.8 Å². The topological polar surface area (TPSA) is 69.6 Å². The molecule has 3 N–H and O–H groups in total. The highest BCUT2D eigenvalue weighted by molar-refractivity contribution is 5.87. The van der Waals surface area contributed by atoms with Gasteiger partial charge in [0.2, 0.25) is 0 Å². The highest BCUT2D eigenvalue weighted by Gasteiger charge is 2.23. The SMILES string of the molecule is O=C(O)c1ccc(CNCC2CCCCC2CO)cc1F. The number of carbonyl (C=O) groups is 1. The molecule has 1 aliphatic carbocycles. The van der Waals surface area contributed by atoms with Crippen LogP contribution in [-0.4, -0.2) is 29.3 Å². The summed E-state index contributed by atoms with van der Waals surface area (Å²) >= 11 is 0. The first-order chi connectivity index (χ1) is 10.1. The Hall–Kier alpha value is -1.46. The fourth-order valence-electron chi connectivity index (χ4n) is 3.04. The molecule has 1 aromatic rings. The molecular formula is C16H22FNO3. The van der Waals surface area contributed by atoms with Gasteiger partial charge in [-0.2, -0.15) is 0 Å². The Morgan fingerprint density at radius 3 is 2.62 bits per heavy atom. The third kappa shape index (κ3) is 4.25. The number of hydrogen-bond acceptors (Lipinski definition) is 3. The number of benzene rings is 1. The van der Waals surface area contributed by atoms with Crippen molar-refractivity contribution in [3.05, 3.63) is 35.1 Å². The van der Waals surface area contributed by atoms with E-state index in [1.54, 1.807) is 6.07 Å². The minimum atomic E-state index is -1.25. The molecule has 1 aliphatic rings. The summed E-state index contributed by atoms with van der Waals surface area (Å²) in [6.45, 7) is 1.53. The molecular weight excluding hydrogens is 273 g/mol. The fraction of sp³-hybridized carbons (Fsp3) is 0.562. The van der Waals surface area contributed by atoms with E-state index in [0.29, 0.717) is 18.4 Å². The minimum absolute atomic E-state index is 0.230. The molecule has 4 nitrogen and oxygen atoms in total. The van der Waals surface area contributed by atoms with Crippen molar-refractivity contribution in [3.63, 3.8) is 0 Å². The summed E-state index contributed by atoms with van der Waals surface area (Å²) in [5, 5.41) is 21.4. The normalized spacial score (nSPS) is 22.2. The quantitative estimate of drug-likeness (QED) is 0.754. The Morgan fingerprint density at radius 2 is 2.00 bits per heavy atom. The van der Waals surface area contributed by atoms with Crippen molar-refractivity contribution in [2.45, 2.75) is 32.2 Å². The summed E-state index contributed by atoms with van der Waals surface area (Å²) in [6.07, 6.45) is 4.57. The molecule has 0 aliphatic heterocycles. The highest BCUT2D eigenvalue weighted by atomic mass is 19.1. The summed E-state index contributed by atoms with van der Waals surface area (Å²) in [5.74, 6) is -1.13. The molecule has 0 heterocycles. The van der Waals surface area contributed by atoms with E-state index >= 15 is 0 Å². The molecule has 1 fully saturated rings. The number of carboxylic acid groups (broad SMARTS) is 1. The van der Waals surface area contributed by atoms with Crippen LogP contribution in [0.2, 0.25) is 0 Å². The molecule has 5 heteroatoms. The average Bonchev–Trinajstić information content (AvgIpc) is 2.47. The number of aliphatic hydroxyl groups is 1. The molecule has 116 valence electrons.